The van der Waals surface area contributed by atoms with E-state index in [4.69, 9.17) is 4.74 Å². The molecule has 154 valence electrons. The zero-order valence-electron chi connectivity index (χ0n) is 16.6. The van der Waals surface area contributed by atoms with E-state index in [9.17, 15) is 9.59 Å². The zero-order valence-corrected chi connectivity index (χ0v) is 16.6. The Morgan fingerprint density at radius 2 is 1.81 bits per heavy atom. The molecule has 3 amide bonds. The number of rotatable bonds is 4. The number of aromatic nitrogens is 1. The first-order valence-corrected chi connectivity index (χ1v) is 9.93. The van der Waals surface area contributed by atoms with Crippen molar-refractivity contribution >= 4 is 39.9 Å². The van der Waals surface area contributed by atoms with Crippen LogP contribution < -0.4 is 20.3 Å². The number of H-pyrrole nitrogens is 1. The number of hydrogen-bond donors (Lipinski definition) is 3. The molecule has 31 heavy (non-hydrogen) atoms. The van der Waals surface area contributed by atoms with Crippen LogP contribution in [-0.2, 0) is 11.3 Å². The van der Waals surface area contributed by atoms with Gasteiger partial charge in [-0.15, -0.1) is 0 Å². The number of ether oxygens (including phenoxy) is 1. The van der Waals surface area contributed by atoms with Gasteiger partial charge in [-0.1, -0.05) is 48.5 Å². The van der Waals surface area contributed by atoms with Gasteiger partial charge in [0.15, 0.2) is 6.61 Å². The molecule has 1 aliphatic heterocycles. The Hall–Kier alpha value is -4.26. The van der Waals surface area contributed by atoms with Crippen LogP contribution in [0.4, 0.5) is 21.9 Å². The standard InChI is InChI=1S/C24H20N4O3/c29-23-15-31-22-11-10-17(12-21(22)28(23)14-16-6-2-1-3-7-16)26-24(30)27-20-13-25-19-9-5-4-8-18(19)20/h1-13,25H,14-15H2,(H2,26,27,30). The van der Waals surface area contributed by atoms with E-state index in [0.29, 0.717) is 29.4 Å². The van der Waals surface area contributed by atoms with Gasteiger partial charge >= 0.3 is 6.03 Å². The Morgan fingerprint density at radius 1 is 1.00 bits per heavy atom. The molecule has 1 aliphatic rings. The highest BCUT2D eigenvalue weighted by Crippen LogP contribution is 2.35. The highest BCUT2D eigenvalue weighted by Gasteiger charge is 2.26. The smallest absolute Gasteiger partial charge is 0.323 e. The van der Waals surface area contributed by atoms with Crippen molar-refractivity contribution in [2.75, 3.05) is 22.1 Å². The normalized spacial score (nSPS) is 12.9. The Kier molecular flexibility index (Phi) is 4.76. The summed E-state index contributed by atoms with van der Waals surface area (Å²) in [5.41, 5.74) is 3.84. The summed E-state index contributed by atoms with van der Waals surface area (Å²) >= 11 is 0. The summed E-state index contributed by atoms with van der Waals surface area (Å²) in [5.74, 6) is 0.481. The third-order valence-electron chi connectivity index (χ3n) is 5.18. The van der Waals surface area contributed by atoms with Gasteiger partial charge in [-0.2, -0.15) is 0 Å². The first-order chi connectivity index (χ1) is 15.2. The van der Waals surface area contributed by atoms with E-state index in [2.05, 4.69) is 15.6 Å². The van der Waals surface area contributed by atoms with Crippen LogP contribution in [0.3, 0.4) is 0 Å². The van der Waals surface area contributed by atoms with Crippen molar-refractivity contribution in [3.63, 3.8) is 0 Å². The summed E-state index contributed by atoms with van der Waals surface area (Å²) in [4.78, 5) is 29.9. The monoisotopic (exact) mass is 412 g/mol. The quantitative estimate of drug-likeness (QED) is 0.453. The fourth-order valence-electron chi connectivity index (χ4n) is 3.68. The molecule has 7 heteroatoms. The number of para-hydroxylation sites is 1. The van der Waals surface area contributed by atoms with Crippen molar-refractivity contribution in [2.24, 2.45) is 0 Å². The molecule has 3 N–H and O–H groups in total. The fraction of sp³-hybridized carbons (Fsp3) is 0.0833. The van der Waals surface area contributed by atoms with Crippen LogP contribution in [0.15, 0.2) is 79.0 Å². The third kappa shape index (κ3) is 3.81. The van der Waals surface area contributed by atoms with Crippen LogP contribution in [0.25, 0.3) is 10.9 Å². The molecule has 2 heterocycles. The number of fused-ring (bicyclic) bond motifs is 2. The predicted octanol–water partition coefficient (Wildman–Crippen LogP) is 4.74. The summed E-state index contributed by atoms with van der Waals surface area (Å²) in [6.07, 6.45) is 1.76. The molecule has 4 aromatic rings. The van der Waals surface area contributed by atoms with Crippen molar-refractivity contribution in [3.8, 4) is 5.75 Å². The van der Waals surface area contributed by atoms with Crippen LogP contribution in [0.1, 0.15) is 5.56 Å². The highest BCUT2D eigenvalue weighted by atomic mass is 16.5. The number of nitrogens with one attached hydrogen (secondary N) is 3. The number of carbonyl (C=O) groups is 2. The summed E-state index contributed by atoms with van der Waals surface area (Å²) in [6, 6.07) is 22.4. The van der Waals surface area contributed by atoms with Gasteiger partial charge in [0.2, 0.25) is 0 Å². The van der Waals surface area contributed by atoms with E-state index in [1.165, 1.54) is 0 Å². The van der Waals surface area contributed by atoms with Gasteiger partial charge in [-0.3, -0.25) is 4.79 Å². The number of urea groups is 1. The number of aromatic amines is 1. The first-order valence-electron chi connectivity index (χ1n) is 9.93. The number of benzene rings is 3. The molecular weight excluding hydrogens is 392 g/mol. The minimum absolute atomic E-state index is 0.00629. The minimum atomic E-state index is -0.373. The predicted molar refractivity (Wildman–Crippen MR) is 121 cm³/mol. The molecule has 1 aromatic heterocycles. The lowest BCUT2D eigenvalue weighted by molar-refractivity contribution is -0.121. The van der Waals surface area contributed by atoms with E-state index < -0.39 is 0 Å². The lowest BCUT2D eigenvalue weighted by Gasteiger charge is -2.30. The number of nitrogens with zero attached hydrogens (tertiary/aromatic N) is 1. The van der Waals surface area contributed by atoms with Crippen LogP contribution >= 0.6 is 0 Å². The van der Waals surface area contributed by atoms with Crippen molar-refractivity contribution in [2.45, 2.75) is 6.54 Å². The summed E-state index contributed by atoms with van der Waals surface area (Å²) in [7, 11) is 0. The average molecular weight is 412 g/mol. The third-order valence-corrected chi connectivity index (χ3v) is 5.18. The molecule has 0 bridgehead atoms. The Morgan fingerprint density at radius 3 is 2.68 bits per heavy atom. The van der Waals surface area contributed by atoms with Crippen LogP contribution in [0, 0.1) is 0 Å². The second kappa shape index (κ2) is 7.87. The Balaban J connectivity index is 1.36. The molecule has 0 radical (unpaired) electrons. The van der Waals surface area contributed by atoms with Crippen molar-refractivity contribution in [1.29, 1.82) is 0 Å². The van der Waals surface area contributed by atoms with E-state index in [-0.39, 0.29) is 18.5 Å². The van der Waals surface area contributed by atoms with Gasteiger partial charge in [0.1, 0.15) is 5.75 Å². The Labute approximate surface area is 178 Å². The SMILES string of the molecule is O=C(Nc1ccc2c(c1)N(Cc1ccccc1)C(=O)CO2)Nc1c[nH]c2ccccc12. The highest BCUT2D eigenvalue weighted by molar-refractivity contribution is 6.06. The van der Waals surface area contributed by atoms with Crippen molar-refractivity contribution < 1.29 is 14.3 Å². The van der Waals surface area contributed by atoms with E-state index in [1.54, 1.807) is 29.3 Å². The number of carbonyl (C=O) groups excluding carboxylic acids is 2. The molecule has 0 aliphatic carbocycles. The maximum atomic E-state index is 12.6. The lowest BCUT2D eigenvalue weighted by atomic mass is 10.1. The summed E-state index contributed by atoms with van der Waals surface area (Å²) in [5, 5.41) is 6.62. The van der Waals surface area contributed by atoms with Crippen LogP contribution in [0.2, 0.25) is 0 Å². The second-order valence-corrected chi connectivity index (χ2v) is 7.26. The summed E-state index contributed by atoms with van der Waals surface area (Å²) in [6.45, 7) is 0.425. The first kappa shape index (κ1) is 18.7. The minimum Gasteiger partial charge on any atom is -0.482 e. The molecule has 0 unspecified atom stereocenters. The second-order valence-electron chi connectivity index (χ2n) is 7.26. The zero-order chi connectivity index (χ0) is 21.2. The van der Waals surface area contributed by atoms with Gasteiger partial charge in [-0.25, -0.2) is 4.79 Å². The lowest BCUT2D eigenvalue weighted by Crippen LogP contribution is -2.38. The van der Waals surface area contributed by atoms with E-state index in [1.807, 2.05) is 54.6 Å². The molecule has 0 spiro atoms. The van der Waals surface area contributed by atoms with Crippen LogP contribution in [0.5, 0.6) is 5.75 Å². The topological polar surface area (TPSA) is 86.5 Å². The maximum Gasteiger partial charge on any atom is 0.323 e. The number of anilines is 3. The van der Waals surface area contributed by atoms with E-state index >= 15 is 0 Å². The largest absolute Gasteiger partial charge is 0.482 e. The molecule has 3 aromatic carbocycles. The van der Waals surface area contributed by atoms with Gasteiger partial charge in [0.05, 0.1) is 17.9 Å². The Bertz CT molecular complexity index is 1270. The molecule has 0 saturated carbocycles. The average Bonchev–Trinajstić information content (AvgIpc) is 3.19. The maximum absolute atomic E-state index is 12.6. The summed E-state index contributed by atoms with van der Waals surface area (Å²) < 4.78 is 5.57. The number of amides is 3. The molecule has 0 atom stereocenters. The van der Waals surface area contributed by atoms with Gasteiger partial charge < -0.3 is 25.3 Å². The van der Waals surface area contributed by atoms with E-state index in [0.717, 1.165) is 16.5 Å². The van der Waals surface area contributed by atoms with Gasteiger partial charge in [0, 0.05) is 22.8 Å². The van der Waals surface area contributed by atoms with Gasteiger partial charge in [0.25, 0.3) is 5.91 Å². The van der Waals surface area contributed by atoms with Crippen molar-refractivity contribution in [3.05, 3.63) is 84.6 Å². The molecule has 7 nitrogen and oxygen atoms in total. The number of hydrogen-bond acceptors (Lipinski definition) is 3. The van der Waals surface area contributed by atoms with Crippen molar-refractivity contribution in [1.82, 2.24) is 4.98 Å². The molecule has 5 rings (SSSR count). The fourth-order valence-corrected chi connectivity index (χ4v) is 3.68. The molecule has 0 fully saturated rings. The van der Waals surface area contributed by atoms with Crippen LogP contribution in [-0.4, -0.2) is 23.5 Å². The molecular formula is C24H20N4O3. The molecule has 0 saturated heterocycles. The van der Waals surface area contributed by atoms with Gasteiger partial charge in [-0.05, 0) is 29.8 Å².